The van der Waals surface area contributed by atoms with Crippen molar-refractivity contribution in [2.75, 3.05) is 18.0 Å². The lowest BCUT2D eigenvalue weighted by atomic mass is 10.1. The minimum atomic E-state index is -0.502. The van der Waals surface area contributed by atoms with Crippen molar-refractivity contribution in [1.82, 2.24) is 4.90 Å². The number of nitrogens with zero attached hydrogens (tertiary/aromatic N) is 2. The fraction of sp³-hybridized carbons (Fsp3) is 0.292. The van der Waals surface area contributed by atoms with Crippen LogP contribution in [0, 0.1) is 0 Å². The molecule has 1 aliphatic rings. The fourth-order valence-corrected chi connectivity index (χ4v) is 3.71. The Balaban J connectivity index is 1.74. The lowest BCUT2D eigenvalue weighted by Gasteiger charge is -2.27. The zero-order chi connectivity index (χ0) is 19.7. The van der Waals surface area contributed by atoms with Crippen LogP contribution in [-0.2, 0) is 11.3 Å². The maximum absolute atomic E-state index is 12.7. The fourth-order valence-electron chi connectivity index (χ4n) is 3.71. The highest BCUT2D eigenvalue weighted by atomic mass is 16.6. The Morgan fingerprint density at radius 2 is 1.54 bits per heavy atom. The van der Waals surface area contributed by atoms with Gasteiger partial charge in [0.05, 0.1) is 6.54 Å². The summed E-state index contributed by atoms with van der Waals surface area (Å²) in [6, 6.07) is 23.1. The van der Waals surface area contributed by atoms with Crippen LogP contribution in [-0.4, -0.2) is 29.7 Å². The summed E-state index contributed by atoms with van der Waals surface area (Å²) in [6.07, 6.45) is -0.262. The van der Waals surface area contributed by atoms with Gasteiger partial charge in [-0.05, 0) is 43.9 Å². The van der Waals surface area contributed by atoms with Gasteiger partial charge < -0.3 is 14.5 Å². The molecule has 3 aromatic rings. The average Bonchev–Trinajstić information content (AvgIpc) is 2.86. The summed E-state index contributed by atoms with van der Waals surface area (Å²) in [4.78, 5) is 16.8. The van der Waals surface area contributed by atoms with E-state index in [0.29, 0.717) is 19.6 Å². The molecule has 1 heterocycles. The number of carbonyl (C=O) groups excluding carboxylic acids is 1. The van der Waals surface area contributed by atoms with Gasteiger partial charge in [-0.15, -0.1) is 0 Å². The van der Waals surface area contributed by atoms with Crippen LogP contribution in [0.4, 0.5) is 16.2 Å². The molecule has 0 fully saturated rings. The van der Waals surface area contributed by atoms with Gasteiger partial charge in [0.15, 0.2) is 0 Å². The van der Waals surface area contributed by atoms with Crippen molar-refractivity contribution in [2.24, 2.45) is 0 Å². The summed E-state index contributed by atoms with van der Waals surface area (Å²) in [7, 11) is 0. The summed E-state index contributed by atoms with van der Waals surface area (Å²) in [6.45, 7) is 7.57. The summed E-state index contributed by atoms with van der Waals surface area (Å²) >= 11 is 0. The van der Waals surface area contributed by atoms with Crippen molar-refractivity contribution in [3.63, 3.8) is 0 Å². The molecule has 0 aliphatic carbocycles. The molecule has 0 atom stereocenters. The van der Waals surface area contributed by atoms with Crippen molar-refractivity contribution in [2.45, 2.75) is 32.9 Å². The molecule has 1 aliphatic heterocycles. The van der Waals surface area contributed by atoms with Crippen LogP contribution in [0.2, 0.25) is 0 Å². The van der Waals surface area contributed by atoms with E-state index in [-0.39, 0.29) is 6.09 Å². The monoisotopic (exact) mass is 374 g/mol. The molecule has 4 heteroatoms. The van der Waals surface area contributed by atoms with Gasteiger partial charge >= 0.3 is 6.09 Å². The molecule has 1 amide bonds. The molecule has 0 bridgehead atoms. The highest BCUT2D eigenvalue weighted by molar-refractivity contribution is 5.96. The molecular formula is C24H26N2O2. The van der Waals surface area contributed by atoms with Crippen molar-refractivity contribution in [1.29, 1.82) is 0 Å². The van der Waals surface area contributed by atoms with Gasteiger partial charge in [-0.1, -0.05) is 54.6 Å². The Hall–Kier alpha value is -3.01. The summed E-state index contributed by atoms with van der Waals surface area (Å²) in [5.41, 5.74) is 2.93. The molecule has 0 spiro atoms. The maximum atomic E-state index is 12.7. The zero-order valence-corrected chi connectivity index (χ0v) is 16.7. The Kier molecular flexibility index (Phi) is 4.71. The normalized spacial score (nSPS) is 14.5. The molecule has 4 rings (SSSR count). The number of amides is 1. The van der Waals surface area contributed by atoms with Crippen LogP contribution in [0.1, 0.15) is 26.3 Å². The summed E-state index contributed by atoms with van der Waals surface area (Å²) in [5, 5.41) is 2.43. The SMILES string of the molecule is CC(C)(C)OC(=O)N1CCN(c2cccc3ccccc23)c2ccccc2C1. The summed E-state index contributed by atoms with van der Waals surface area (Å²) < 4.78 is 5.63. The first kappa shape index (κ1) is 18.4. The van der Waals surface area contributed by atoms with E-state index in [4.69, 9.17) is 4.74 Å². The van der Waals surface area contributed by atoms with Crippen LogP contribution in [0.15, 0.2) is 66.7 Å². The number of ether oxygens (including phenoxy) is 1. The number of para-hydroxylation sites is 1. The molecule has 0 radical (unpaired) electrons. The van der Waals surface area contributed by atoms with E-state index in [9.17, 15) is 4.79 Å². The topological polar surface area (TPSA) is 32.8 Å². The van der Waals surface area contributed by atoms with Crippen molar-refractivity contribution in [3.05, 3.63) is 72.3 Å². The second-order valence-electron chi connectivity index (χ2n) is 8.18. The van der Waals surface area contributed by atoms with Gasteiger partial charge in [0.25, 0.3) is 0 Å². The Morgan fingerprint density at radius 1 is 0.857 bits per heavy atom. The first-order chi connectivity index (χ1) is 13.4. The first-order valence-corrected chi connectivity index (χ1v) is 9.73. The minimum absolute atomic E-state index is 0.262. The molecule has 0 N–H and O–H groups in total. The van der Waals surface area contributed by atoms with Crippen molar-refractivity contribution < 1.29 is 9.53 Å². The van der Waals surface area contributed by atoms with Crippen molar-refractivity contribution >= 4 is 28.2 Å². The third-order valence-corrected chi connectivity index (χ3v) is 4.95. The molecule has 0 saturated carbocycles. The predicted molar refractivity (Wildman–Crippen MR) is 114 cm³/mol. The third kappa shape index (κ3) is 3.68. The average molecular weight is 374 g/mol. The number of fused-ring (bicyclic) bond motifs is 2. The molecule has 0 unspecified atom stereocenters. The number of hydrogen-bond acceptors (Lipinski definition) is 3. The lowest BCUT2D eigenvalue weighted by molar-refractivity contribution is 0.0244. The molecule has 0 saturated heterocycles. The zero-order valence-electron chi connectivity index (χ0n) is 16.7. The van der Waals surface area contributed by atoms with E-state index in [1.807, 2.05) is 26.8 Å². The highest BCUT2D eigenvalue weighted by Gasteiger charge is 2.27. The van der Waals surface area contributed by atoms with Crippen LogP contribution >= 0.6 is 0 Å². The minimum Gasteiger partial charge on any atom is -0.444 e. The molecule has 144 valence electrons. The molecule has 0 aromatic heterocycles. The van der Waals surface area contributed by atoms with E-state index in [1.165, 1.54) is 10.8 Å². The van der Waals surface area contributed by atoms with Gasteiger partial charge in [0.1, 0.15) is 5.60 Å². The summed E-state index contributed by atoms with van der Waals surface area (Å²) in [5.74, 6) is 0. The van der Waals surface area contributed by atoms with Crippen LogP contribution in [0.25, 0.3) is 10.8 Å². The van der Waals surface area contributed by atoms with E-state index >= 15 is 0 Å². The van der Waals surface area contributed by atoms with Gasteiger partial charge in [-0.25, -0.2) is 4.79 Å². The molecular weight excluding hydrogens is 348 g/mol. The van der Waals surface area contributed by atoms with Gasteiger partial charge in [0.2, 0.25) is 0 Å². The van der Waals surface area contributed by atoms with E-state index in [0.717, 1.165) is 16.9 Å². The van der Waals surface area contributed by atoms with Gasteiger partial charge in [-0.3, -0.25) is 0 Å². The Labute approximate surface area is 166 Å². The number of rotatable bonds is 1. The Bertz CT molecular complexity index is 1000. The van der Waals surface area contributed by atoms with Crippen LogP contribution in [0.3, 0.4) is 0 Å². The standard InChI is InChI=1S/C24H26N2O2/c1-24(2,3)28-23(27)25-15-16-26(21-13-7-5-10-19(21)17-25)22-14-8-11-18-9-4-6-12-20(18)22/h4-14H,15-17H2,1-3H3. The van der Waals surface area contributed by atoms with E-state index in [1.54, 1.807) is 4.90 Å². The van der Waals surface area contributed by atoms with E-state index < -0.39 is 5.60 Å². The smallest absolute Gasteiger partial charge is 0.410 e. The molecule has 28 heavy (non-hydrogen) atoms. The molecule has 4 nitrogen and oxygen atoms in total. The number of hydrogen-bond donors (Lipinski definition) is 0. The van der Waals surface area contributed by atoms with Crippen molar-refractivity contribution in [3.8, 4) is 0 Å². The molecule has 3 aromatic carbocycles. The Morgan fingerprint density at radius 3 is 2.36 bits per heavy atom. The quantitative estimate of drug-likeness (QED) is 0.545. The lowest BCUT2D eigenvalue weighted by Crippen LogP contribution is -2.38. The predicted octanol–water partition coefficient (Wildman–Crippen LogP) is 5.73. The van der Waals surface area contributed by atoms with Crippen LogP contribution < -0.4 is 4.90 Å². The number of carbonyl (C=O) groups is 1. The number of benzene rings is 3. The van der Waals surface area contributed by atoms with Crippen LogP contribution in [0.5, 0.6) is 0 Å². The van der Waals surface area contributed by atoms with Gasteiger partial charge in [0, 0.05) is 29.9 Å². The second kappa shape index (κ2) is 7.19. The highest BCUT2D eigenvalue weighted by Crippen LogP contribution is 2.36. The largest absolute Gasteiger partial charge is 0.444 e. The first-order valence-electron chi connectivity index (χ1n) is 9.73. The third-order valence-electron chi connectivity index (χ3n) is 4.95. The number of anilines is 2. The maximum Gasteiger partial charge on any atom is 0.410 e. The second-order valence-corrected chi connectivity index (χ2v) is 8.18. The van der Waals surface area contributed by atoms with Gasteiger partial charge in [-0.2, -0.15) is 0 Å². The van der Waals surface area contributed by atoms with E-state index in [2.05, 4.69) is 65.6 Å².